The number of hydrogen-bond donors (Lipinski definition) is 3. The number of benzene rings is 2. The molecule has 0 aliphatic carbocycles. The van der Waals surface area contributed by atoms with E-state index >= 15 is 0 Å². The lowest BCUT2D eigenvalue weighted by molar-refractivity contribution is -0.133. The lowest BCUT2D eigenvalue weighted by Gasteiger charge is -2.26. The third-order valence-electron chi connectivity index (χ3n) is 5.37. The predicted molar refractivity (Wildman–Crippen MR) is 109 cm³/mol. The number of nitrogens with one attached hydrogen (secondary N) is 2. The summed E-state index contributed by atoms with van der Waals surface area (Å²) >= 11 is 0. The van der Waals surface area contributed by atoms with Crippen LogP contribution >= 0.6 is 0 Å². The number of aromatic amines is 1. The van der Waals surface area contributed by atoms with E-state index < -0.39 is 12.1 Å². The number of fused-ring (bicyclic) bond motifs is 3. The molecule has 28 heavy (non-hydrogen) atoms. The van der Waals surface area contributed by atoms with Crippen LogP contribution in [0.2, 0.25) is 0 Å². The van der Waals surface area contributed by atoms with Gasteiger partial charge in [0.2, 0.25) is 5.91 Å². The maximum atomic E-state index is 13.2. The van der Waals surface area contributed by atoms with Gasteiger partial charge in [-0.05, 0) is 23.6 Å². The molecule has 0 radical (unpaired) electrons. The molecule has 1 aliphatic rings. The van der Waals surface area contributed by atoms with Gasteiger partial charge < -0.3 is 20.9 Å². The summed E-state index contributed by atoms with van der Waals surface area (Å²) in [7, 11) is 0. The third kappa shape index (κ3) is 3.71. The van der Waals surface area contributed by atoms with Crippen molar-refractivity contribution in [2.24, 2.45) is 5.73 Å². The minimum atomic E-state index is -0.680. The molecule has 2 aromatic carbocycles. The molecule has 0 saturated heterocycles. The quantitative estimate of drug-likeness (QED) is 0.652. The third-order valence-corrected chi connectivity index (χ3v) is 5.37. The van der Waals surface area contributed by atoms with Gasteiger partial charge in [0.1, 0.15) is 6.04 Å². The van der Waals surface area contributed by atoms with E-state index in [0.29, 0.717) is 19.5 Å². The Bertz CT molecular complexity index is 996. The van der Waals surface area contributed by atoms with E-state index in [-0.39, 0.29) is 5.91 Å². The summed E-state index contributed by atoms with van der Waals surface area (Å²) in [6.45, 7) is 1.24. The van der Waals surface area contributed by atoms with Crippen LogP contribution in [0.4, 0.5) is 4.79 Å². The van der Waals surface area contributed by atoms with E-state index in [1.807, 2.05) is 47.4 Å². The summed E-state index contributed by atoms with van der Waals surface area (Å²) < 4.78 is 0. The van der Waals surface area contributed by atoms with Gasteiger partial charge in [-0.15, -0.1) is 0 Å². The van der Waals surface area contributed by atoms with Crippen molar-refractivity contribution in [2.45, 2.75) is 25.3 Å². The first-order chi connectivity index (χ1) is 13.6. The van der Waals surface area contributed by atoms with Crippen molar-refractivity contribution in [3.05, 3.63) is 71.4 Å². The average molecular weight is 376 g/mol. The van der Waals surface area contributed by atoms with Crippen LogP contribution in [0.15, 0.2) is 54.6 Å². The number of primary amides is 1. The second-order valence-electron chi connectivity index (χ2n) is 7.20. The van der Waals surface area contributed by atoms with E-state index in [2.05, 4.69) is 22.4 Å². The maximum Gasteiger partial charge on any atom is 0.312 e. The molecular weight excluding hydrogens is 352 g/mol. The molecule has 1 aliphatic heterocycles. The van der Waals surface area contributed by atoms with Crippen molar-refractivity contribution < 1.29 is 9.59 Å². The van der Waals surface area contributed by atoms with Gasteiger partial charge in [-0.1, -0.05) is 48.5 Å². The highest BCUT2D eigenvalue weighted by molar-refractivity contribution is 5.88. The molecule has 144 valence electrons. The average Bonchev–Trinajstić information content (AvgIpc) is 2.92. The standard InChI is InChI=1S/C22H24N4O2/c23-22(28)25-20(14-15-6-2-1-3-7-15)21(27)26-12-10-17-16-8-4-5-9-18(16)24-19(17)11-13-26/h1-9,20,24H,10-14H2,(H3,23,25,28). The van der Waals surface area contributed by atoms with Crippen molar-refractivity contribution in [3.63, 3.8) is 0 Å². The highest BCUT2D eigenvalue weighted by Gasteiger charge is 2.28. The second kappa shape index (κ2) is 7.76. The van der Waals surface area contributed by atoms with E-state index in [9.17, 15) is 9.59 Å². The van der Waals surface area contributed by atoms with E-state index in [0.717, 1.165) is 23.9 Å². The zero-order valence-corrected chi connectivity index (χ0v) is 15.7. The van der Waals surface area contributed by atoms with Crippen LogP contribution in [0.3, 0.4) is 0 Å². The van der Waals surface area contributed by atoms with Crippen LogP contribution in [0.5, 0.6) is 0 Å². The van der Waals surface area contributed by atoms with Gasteiger partial charge in [-0.2, -0.15) is 0 Å². The monoisotopic (exact) mass is 376 g/mol. The normalized spacial score (nSPS) is 14.9. The lowest BCUT2D eigenvalue weighted by Crippen LogP contribution is -2.51. The topological polar surface area (TPSA) is 91.2 Å². The Morgan fingerprint density at radius 2 is 1.75 bits per heavy atom. The zero-order chi connectivity index (χ0) is 19.5. The van der Waals surface area contributed by atoms with E-state index in [1.165, 1.54) is 16.6 Å². The van der Waals surface area contributed by atoms with Gasteiger partial charge in [0.25, 0.3) is 0 Å². The largest absolute Gasteiger partial charge is 0.358 e. The van der Waals surface area contributed by atoms with Crippen molar-refractivity contribution in [1.29, 1.82) is 0 Å². The fraction of sp³-hybridized carbons (Fsp3) is 0.273. The number of urea groups is 1. The first-order valence-corrected chi connectivity index (χ1v) is 9.59. The second-order valence-corrected chi connectivity index (χ2v) is 7.20. The fourth-order valence-corrected chi connectivity index (χ4v) is 4.02. The molecule has 6 nitrogen and oxygen atoms in total. The Labute approximate surface area is 163 Å². The first-order valence-electron chi connectivity index (χ1n) is 9.59. The van der Waals surface area contributed by atoms with Crippen LogP contribution in [-0.2, 0) is 24.1 Å². The molecule has 0 saturated carbocycles. The van der Waals surface area contributed by atoms with Crippen LogP contribution in [-0.4, -0.2) is 41.0 Å². The van der Waals surface area contributed by atoms with Gasteiger partial charge in [0, 0.05) is 42.5 Å². The number of nitrogens with zero attached hydrogens (tertiary/aromatic N) is 1. The molecule has 2 heterocycles. The number of aromatic nitrogens is 1. The number of amides is 3. The minimum absolute atomic E-state index is 0.0860. The molecular formula is C22H24N4O2. The maximum absolute atomic E-state index is 13.2. The van der Waals surface area contributed by atoms with Crippen molar-refractivity contribution >= 4 is 22.8 Å². The van der Waals surface area contributed by atoms with Gasteiger partial charge >= 0.3 is 6.03 Å². The molecule has 0 spiro atoms. The van der Waals surface area contributed by atoms with Gasteiger partial charge in [0.15, 0.2) is 0 Å². The molecule has 1 unspecified atom stereocenters. The number of nitrogens with two attached hydrogens (primary N) is 1. The molecule has 3 aromatic rings. The van der Waals surface area contributed by atoms with E-state index in [1.54, 1.807) is 0 Å². The van der Waals surface area contributed by atoms with Crippen LogP contribution < -0.4 is 11.1 Å². The molecule has 4 N–H and O–H groups in total. The van der Waals surface area contributed by atoms with Crippen LogP contribution in [0.25, 0.3) is 10.9 Å². The number of carbonyl (C=O) groups excluding carboxylic acids is 2. The number of carbonyl (C=O) groups is 2. The zero-order valence-electron chi connectivity index (χ0n) is 15.7. The fourth-order valence-electron chi connectivity index (χ4n) is 4.02. The summed E-state index contributed by atoms with van der Waals surface area (Å²) in [4.78, 5) is 30.0. The molecule has 6 heteroatoms. The summed E-state index contributed by atoms with van der Waals surface area (Å²) in [6, 6.07) is 16.6. The van der Waals surface area contributed by atoms with Gasteiger partial charge in [0.05, 0.1) is 0 Å². The van der Waals surface area contributed by atoms with Gasteiger partial charge in [-0.25, -0.2) is 4.79 Å². The molecule has 0 bridgehead atoms. The molecule has 1 aromatic heterocycles. The molecule has 4 rings (SSSR count). The lowest BCUT2D eigenvalue weighted by atomic mass is 10.0. The minimum Gasteiger partial charge on any atom is -0.358 e. The summed E-state index contributed by atoms with van der Waals surface area (Å²) in [5.74, 6) is -0.0860. The van der Waals surface area contributed by atoms with Crippen LogP contribution in [0, 0.1) is 0 Å². The Balaban J connectivity index is 1.51. The van der Waals surface area contributed by atoms with Crippen molar-refractivity contribution in [3.8, 4) is 0 Å². The van der Waals surface area contributed by atoms with Crippen LogP contribution in [0.1, 0.15) is 16.8 Å². The van der Waals surface area contributed by atoms with Crippen molar-refractivity contribution in [1.82, 2.24) is 15.2 Å². The Morgan fingerprint density at radius 3 is 2.54 bits per heavy atom. The SMILES string of the molecule is NC(=O)NC(Cc1ccccc1)C(=O)N1CCc2[nH]c3ccccc3c2CC1. The smallest absolute Gasteiger partial charge is 0.312 e. The highest BCUT2D eigenvalue weighted by atomic mass is 16.2. The predicted octanol–water partition coefficient (Wildman–Crippen LogP) is 2.37. The number of rotatable bonds is 4. The Hall–Kier alpha value is -3.28. The van der Waals surface area contributed by atoms with E-state index in [4.69, 9.17) is 5.73 Å². The van der Waals surface area contributed by atoms with Gasteiger partial charge in [-0.3, -0.25) is 4.79 Å². The summed E-state index contributed by atoms with van der Waals surface area (Å²) in [6.07, 6.45) is 1.98. The Morgan fingerprint density at radius 1 is 1.04 bits per heavy atom. The van der Waals surface area contributed by atoms with Crippen molar-refractivity contribution in [2.75, 3.05) is 13.1 Å². The summed E-state index contributed by atoms with van der Waals surface area (Å²) in [5, 5.41) is 3.86. The molecule has 1 atom stereocenters. The first kappa shape index (κ1) is 18.1. The molecule has 0 fully saturated rings. The Kier molecular flexibility index (Phi) is 5.02. The number of H-pyrrole nitrogens is 1. The summed E-state index contributed by atoms with van der Waals surface area (Å²) in [5.41, 5.74) is 9.94. The number of hydrogen-bond acceptors (Lipinski definition) is 2. The molecule has 3 amide bonds. The highest BCUT2D eigenvalue weighted by Crippen LogP contribution is 2.26. The number of para-hydroxylation sites is 1.